The van der Waals surface area contributed by atoms with Gasteiger partial charge in [0.25, 0.3) is 0 Å². The molecule has 40 heavy (non-hydrogen) atoms. The number of piperidine rings is 1. The highest BCUT2D eigenvalue weighted by molar-refractivity contribution is 5.88. The maximum absolute atomic E-state index is 13.1. The predicted molar refractivity (Wildman–Crippen MR) is 142 cm³/mol. The molecule has 0 N–H and O–H groups in total. The number of hydrogen-bond donors (Lipinski definition) is 0. The molecule has 2 aromatic carbocycles. The molecule has 1 aliphatic heterocycles. The van der Waals surface area contributed by atoms with Crippen molar-refractivity contribution in [2.24, 2.45) is 12.5 Å². The Bertz CT molecular complexity index is 1700. The van der Waals surface area contributed by atoms with Gasteiger partial charge in [0, 0.05) is 48.3 Å². The van der Waals surface area contributed by atoms with Gasteiger partial charge in [0.05, 0.1) is 5.52 Å². The summed E-state index contributed by atoms with van der Waals surface area (Å²) < 4.78 is 51.2. The first-order valence-electron chi connectivity index (χ1n) is 13.4. The summed E-state index contributed by atoms with van der Waals surface area (Å²) in [5.74, 6) is 0.758. The molecular formula is C30H26F3N5O2. The third-order valence-electron chi connectivity index (χ3n) is 8.44. The molecule has 7 nitrogen and oxygen atoms in total. The number of halogens is 3. The minimum Gasteiger partial charge on any atom is -0.405 e. The zero-order chi connectivity index (χ0) is 27.6. The van der Waals surface area contributed by atoms with Gasteiger partial charge in [-0.15, -0.1) is 13.2 Å². The second-order valence-electron chi connectivity index (χ2n) is 11.1. The summed E-state index contributed by atoms with van der Waals surface area (Å²) in [5.41, 5.74) is 5.15. The maximum atomic E-state index is 13.1. The van der Waals surface area contributed by atoms with E-state index in [0.717, 1.165) is 78.7 Å². The number of nitrogens with zero attached hydrogens (tertiary/aromatic N) is 5. The van der Waals surface area contributed by atoms with Crippen molar-refractivity contribution >= 4 is 22.2 Å². The lowest BCUT2D eigenvalue weighted by atomic mass is 9.63. The lowest BCUT2D eigenvalue weighted by Crippen LogP contribution is -2.42. The van der Waals surface area contributed by atoms with E-state index >= 15 is 0 Å². The van der Waals surface area contributed by atoms with Gasteiger partial charge in [0.1, 0.15) is 23.3 Å². The second kappa shape index (κ2) is 8.88. The number of para-hydroxylation sites is 1. The van der Waals surface area contributed by atoms with Gasteiger partial charge >= 0.3 is 6.36 Å². The van der Waals surface area contributed by atoms with Crippen LogP contribution in [0.1, 0.15) is 55.0 Å². The average Bonchev–Trinajstić information content (AvgIpc) is 3.59. The molecule has 1 saturated carbocycles. The Morgan fingerprint density at radius 3 is 2.58 bits per heavy atom. The number of aryl methyl sites for hydroxylation is 1. The fraction of sp³-hybridized carbons (Fsp3) is 0.367. The smallest absolute Gasteiger partial charge is 0.405 e. The van der Waals surface area contributed by atoms with Gasteiger partial charge < -0.3 is 14.2 Å². The molecule has 2 fully saturated rings. The molecule has 0 radical (unpaired) electrons. The Hall–Kier alpha value is -4.26. The van der Waals surface area contributed by atoms with E-state index in [1.54, 1.807) is 16.8 Å². The van der Waals surface area contributed by atoms with Crippen LogP contribution < -0.4 is 9.64 Å². The summed E-state index contributed by atoms with van der Waals surface area (Å²) in [6, 6.07) is 14.4. The highest BCUT2D eigenvalue weighted by Gasteiger charge is 2.44. The van der Waals surface area contributed by atoms with E-state index in [0.29, 0.717) is 11.4 Å². The van der Waals surface area contributed by atoms with Gasteiger partial charge in [-0.25, -0.2) is 0 Å². The monoisotopic (exact) mass is 545 g/mol. The Kier molecular flexibility index (Phi) is 5.50. The van der Waals surface area contributed by atoms with Crippen LogP contribution in [0.4, 0.5) is 18.9 Å². The molecule has 0 bridgehead atoms. The van der Waals surface area contributed by atoms with Gasteiger partial charge in [-0.2, -0.15) is 10.4 Å². The number of nitriles is 1. The van der Waals surface area contributed by atoms with Crippen molar-refractivity contribution in [1.29, 1.82) is 5.26 Å². The number of aromatic nitrogens is 3. The van der Waals surface area contributed by atoms with E-state index in [1.165, 1.54) is 12.1 Å². The molecule has 1 spiro atoms. The Balaban J connectivity index is 1.15. The number of allylic oxidation sites excluding steroid dienone is 2. The molecule has 4 aromatic rings. The number of fused-ring (bicyclic) bond motifs is 1. The van der Waals surface area contributed by atoms with E-state index in [-0.39, 0.29) is 22.6 Å². The molecule has 2 aliphatic carbocycles. The van der Waals surface area contributed by atoms with E-state index in [4.69, 9.17) is 4.52 Å². The average molecular weight is 546 g/mol. The molecule has 3 aliphatic rings. The Morgan fingerprint density at radius 2 is 1.88 bits per heavy atom. The first-order valence-corrected chi connectivity index (χ1v) is 13.4. The van der Waals surface area contributed by atoms with Crippen LogP contribution in [0.2, 0.25) is 0 Å². The summed E-state index contributed by atoms with van der Waals surface area (Å²) in [4.78, 5) is 2.36. The number of rotatable bonds is 5. The number of ether oxygens (including phenoxy) is 1. The second-order valence-corrected chi connectivity index (χ2v) is 11.1. The summed E-state index contributed by atoms with van der Waals surface area (Å²) >= 11 is 0. The Labute approximate surface area is 228 Å². The lowest BCUT2D eigenvalue weighted by Gasteiger charge is -2.47. The van der Waals surface area contributed by atoms with Crippen molar-refractivity contribution in [2.45, 2.75) is 44.4 Å². The highest BCUT2D eigenvalue weighted by Crippen LogP contribution is 2.56. The van der Waals surface area contributed by atoms with Gasteiger partial charge in [-0.3, -0.25) is 4.68 Å². The number of anilines is 1. The minimum absolute atomic E-state index is 0.0494. The van der Waals surface area contributed by atoms with E-state index in [1.807, 2.05) is 13.1 Å². The standard InChI is InChI=1S/C30H26F3N5O2/c1-37-24-14-20(8-9-21(24)23(17-34)35-37)38-12-10-29(11-13-38)15-19(16-29)26-27(36-40-28(26)18-6-7-18)22-4-2-3-5-25(22)39-30(31,32)33/h2-5,8-9,14-15,18H,6-7,10-13,16H2,1H3. The molecule has 0 unspecified atom stereocenters. The maximum Gasteiger partial charge on any atom is 0.573 e. The predicted octanol–water partition coefficient (Wildman–Crippen LogP) is 6.95. The third kappa shape index (κ3) is 4.21. The van der Waals surface area contributed by atoms with E-state index in [2.05, 4.69) is 44.2 Å². The lowest BCUT2D eigenvalue weighted by molar-refractivity contribution is -0.274. The number of hydrogen-bond acceptors (Lipinski definition) is 6. The highest BCUT2D eigenvalue weighted by atomic mass is 19.4. The van der Waals surface area contributed by atoms with Crippen LogP contribution in [0.25, 0.3) is 27.7 Å². The SMILES string of the molecule is Cn1nc(C#N)c2ccc(N3CCC4(C=C(c5c(-c6ccccc6OC(F)(F)F)noc5C5CC5)C4)CC3)cc21. The zero-order valence-corrected chi connectivity index (χ0v) is 21.8. The molecule has 10 heteroatoms. The van der Waals surface area contributed by atoms with Crippen LogP contribution in [-0.2, 0) is 7.05 Å². The molecule has 204 valence electrons. The zero-order valence-electron chi connectivity index (χ0n) is 21.8. The van der Waals surface area contributed by atoms with Crippen molar-refractivity contribution in [3.05, 3.63) is 65.6 Å². The van der Waals surface area contributed by atoms with Gasteiger partial charge in [0.2, 0.25) is 0 Å². The number of alkyl halides is 3. The molecule has 7 rings (SSSR count). The fourth-order valence-corrected chi connectivity index (χ4v) is 6.23. The van der Waals surface area contributed by atoms with Crippen LogP contribution in [-0.4, -0.2) is 34.4 Å². The number of benzene rings is 2. The summed E-state index contributed by atoms with van der Waals surface area (Å²) in [6.45, 7) is 1.76. The van der Waals surface area contributed by atoms with Crippen LogP contribution in [0.3, 0.4) is 0 Å². The van der Waals surface area contributed by atoms with Gasteiger partial charge in [-0.1, -0.05) is 23.4 Å². The summed E-state index contributed by atoms with van der Waals surface area (Å²) in [6.07, 6.45) is 2.25. The van der Waals surface area contributed by atoms with Crippen molar-refractivity contribution in [3.63, 3.8) is 0 Å². The van der Waals surface area contributed by atoms with Crippen molar-refractivity contribution in [1.82, 2.24) is 14.9 Å². The topological polar surface area (TPSA) is 80.1 Å². The molecular weight excluding hydrogens is 519 g/mol. The molecule has 1 saturated heterocycles. The van der Waals surface area contributed by atoms with Crippen molar-refractivity contribution in [2.75, 3.05) is 18.0 Å². The minimum atomic E-state index is -4.80. The Morgan fingerprint density at radius 1 is 1.12 bits per heavy atom. The van der Waals surface area contributed by atoms with Gasteiger partial charge in [0.15, 0.2) is 5.69 Å². The first kappa shape index (κ1) is 24.8. The normalized spacial score (nSPS) is 18.5. The molecule has 3 heterocycles. The largest absolute Gasteiger partial charge is 0.573 e. The van der Waals surface area contributed by atoms with E-state index in [9.17, 15) is 18.4 Å². The van der Waals surface area contributed by atoms with Crippen molar-refractivity contribution in [3.8, 4) is 23.1 Å². The fourth-order valence-electron chi connectivity index (χ4n) is 6.23. The van der Waals surface area contributed by atoms with Crippen LogP contribution in [0.5, 0.6) is 5.75 Å². The molecule has 0 amide bonds. The first-order chi connectivity index (χ1) is 19.2. The third-order valence-corrected chi connectivity index (χ3v) is 8.44. The van der Waals surface area contributed by atoms with Crippen LogP contribution in [0, 0.1) is 16.7 Å². The van der Waals surface area contributed by atoms with Crippen LogP contribution >= 0.6 is 0 Å². The van der Waals surface area contributed by atoms with Gasteiger partial charge in [-0.05, 0) is 73.4 Å². The molecule has 2 aromatic heterocycles. The van der Waals surface area contributed by atoms with Crippen LogP contribution in [0.15, 0.2) is 53.1 Å². The summed E-state index contributed by atoms with van der Waals surface area (Å²) in [5, 5.41) is 18.8. The quantitative estimate of drug-likeness (QED) is 0.270. The summed E-state index contributed by atoms with van der Waals surface area (Å²) in [7, 11) is 1.85. The molecule has 0 atom stereocenters. The van der Waals surface area contributed by atoms with E-state index < -0.39 is 6.36 Å². The van der Waals surface area contributed by atoms with Crippen molar-refractivity contribution < 1.29 is 22.4 Å².